The third-order valence-electron chi connectivity index (χ3n) is 5.63. The van der Waals surface area contributed by atoms with E-state index in [0.717, 1.165) is 71.3 Å². The number of halogens is 1. The van der Waals surface area contributed by atoms with Gasteiger partial charge in [0.25, 0.3) is 0 Å². The van der Waals surface area contributed by atoms with Crippen molar-refractivity contribution >= 4 is 29.9 Å². The molecule has 3 rings (SSSR count). The van der Waals surface area contributed by atoms with Crippen LogP contribution >= 0.6 is 24.0 Å². The van der Waals surface area contributed by atoms with Gasteiger partial charge >= 0.3 is 0 Å². The van der Waals surface area contributed by atoms with E-state index in [0.29, 0.717) is 18.0 Å². The van der Waals surface area contributed by atoms with Gasteiger partial charge in [-0.1, -0.05) is 30.3 Å². The molecule has 7 heteroatoms. The molecule has 0 radical (unpaired) electrons. The fourth-order valence-electron chi connectivity index (χ4n) is 3.98. The number of hydrogen-bond donors (Lipinski definition) is 2. The fourth-order valence-corrected chi connectivity index (χ4v) is 3.98. The number of hydrogen-bond acceptors (Lipinski definition) is 4. The summed E-state index contributed by atoms with van der Waals surface area (Å²) < 4.78 is 11.1. The molecule has 2 aliphatic heterocycles. The molecule has 0 aromatic heterocycles. The number of aliphatic imine (C=N–C) groups is 1. The van der Waals surface area contributed by atoms with E-state index >= 15 is 0 Å². The lowest BCUT2D eigenvalue weighted by atomic mass is 10.1. The van der Waals surface area contributed by atoms with E-state index in [-0.39, 0.29) is 24.0 Å². The molecule has 6 nitrogen and oxygen atoms in total. The van der Waals surface area contributed by atoms with Gasteiger partial charge in [-0.05, 0) is 31.7 Å². The number of benzene rings is 1. The fraction of sp³-hybridized carbons (Fsp3) is 0.682. The molecule has 1 aromatic rings. The predicted octanol–water partition coefficient (Wildman–Crippen LogP) is 2.88. The first kappa shape index (κ1) is 24.4. The number of nitrogens with zero attached hydrogens (tertiary/aromatic N) is 2. The Morgan fingerprint density at radius 2 is 2.14 bits per heavy atom. The molecule has 0 aliphatic carbocycles. The SMILES string of the molecule is CN=C(NCCCOCC1CCOC1)NC1CC(C)N(Cc2ccccc2)C1.I. The third kappa shape index (κ3) is 8.39. The Kier molecular flexibility index (Phi) is 11.3. The van der Waals surface area contributed by atoms with Crippen molar-refractivity contribution < 1.29 is 9.47 Å². The van der Waals surface area contributed by atoms with Crippen molar-refractivity contribution in [3.8, 4) is 0 Å². The number of ether oxygens (including phenoxy) is 2. The number of rotatable bonds is 9. The largest absolute Gasteiger partial charge is 0.381 e. The Balaban J connectivity index is 0.00000300. The highest BCUT2D eigenvalue weighted by molar-refractivity contribution is 14.0. The average Bonchev–Trinajstić information content (AvgIpc) is 3.34. The number of nitrogens with one attached hydrogen (secondary N) is 2. The predicted molar refractivity (Wildman–Crippen MR) is 129 cm³/mol. The minimum atomic E-state index is 0. The van der Waals surface area contributed by atoms with E-state index in [1.807, 2.05) is 7.05 Å². The van der Waals surface area contributed by atoms with Crippen LogP contribution in [0.1, 0.15) is 31.7 Å². The third-order valence-corrected chi connectivity index (χ3v) is 5.63. The lowest BCUT2D eigenvalue weighted by Gasteiger charge is -2.21. The second-order valence-electron chi connectivity index (χ2n) is 8.00. The van der Waals surface area contributed by atoms with Gasteiger partial charge in [0, 0.05) is 57.9 Å². The number of guanidine groups is 1. The Hall–Kier alpha value is -0.900. The maximum atomic E-state index is 5.76. The van der Waals surface area contributed by atoms with E-state index in [9.17, 15) is 0 Å². The average molecular weight is 516 g/mol. The molecule has 3 unspecified atom stereocenters. The van der Waals surface area contributed by atoms with Gasteiger partial charge in [0.1, 0.15) is 0 Å². The summed E-state index contributed by atoms with van der Waals surface area (Å²) in [5.41, 5.74) is 1.38. The molecule has 29 heavy (non-hydrogen) atoms. The Labute approximate surface area is 192 Å². The molecule has 1 aromatic carbocycles. The van der Waals surface area contributed by atoms with Crippen LogP contribution in [-0.4, -0.2) is 69.5 Å². The van der Waals surface area contributed by atoms with Crippen molar-refractivity contribution in [3.05, 3.63) is 35.9 Å². The quantitative estimate of drug-likeness (QED) is 0.229. The molecule has 2 saturated heterocycles. The first-order chi connectivity index (χ1) is 13.7. The smallest absolute Gasteiger partial charge is 0.191 e. The summed E-state index contributed by atoms with van der Waals surface area (Å²) in [7, 11) is 1.84. The molecule has 164 valence electrons. The first-order valence-electron chi connectivity index (χ1n) is 10.6. The van der Waals surface area contributed by atoms with Gasteiger partial charge in [0.2, 0.25) is 0 Å². The summed E-state index contributed by atoms with van der Waals surface area (Å²) in [6, 6.07) is 11.7. The molecule has 0 spiro atoms. The standard InChI is InChI=1S/C22H36N4O2.HI/c1-18-13-21(15-26(18)14-19-7-4-3-5-8-19)25-22(23-2)24-10-6-11-27-16-20-9-12-28-17-20;/h3-5,7-8,18,20-21H,6,9-17H2,1-2H3,(H2,23,24,25);1H. The molecular weight excluding hydrogens is 479 g/mol. The molecule has 2 aliphatic rings. The topological polar surface area (TPSA) is 58.1 Å². The van der Waals surface area contributed by atoms with Crippen molar-refractivity contribution in [2.45, 2.75) is 44.8 Å². The van der Waals surface area contributed by atoms with Crippen molar-refractivity contribution in [1.29, 1.82) is 0 Å². The van der Waals surface area contributed by atoms with E-state index < -0.39 is 0 Å². The summed E-state index contributed by atoms with van der Waals surface area (Å²) in [6.45, 7) is 8.59. The second kappa shape index (κ2) is 13.4. The lowest BCUT2D eigenvalue weighted by Crippen LogP contribution is -2.44. The molecule has 2 heterocycles. The minimum absolute atomic E-state index is 0. The van der Waals surface area contributed by atoms with Crippen LogP contribution in [0.25, 0.3) is 0 Å². The van der Waals surface area contributed by atoms with Crippen LogP contribution in [-0.2, 0) is 16.0 Å². The van der Waals surface area contributed by atoms with E-state index in [2.05, 4.69) is 57.8 Å². The minimum Gasteiger partial charge on any atom is -0.381 e. The van der Waals surface area contributed by atoms with E-state index in [1.165, 1.54) is 5.56 Å². The highest BCUT2D eigenvalue weighted by Crippen LogP contribution is 2.20. The normalized spacial score (nSPS) is 25.0. The van der Waals surface area contributed by atoms with Crippen LogP contribution in [0.2, 0.25) is 0 Å². The monoisotopic (exact) mass is 516 g/mol. The Morgan fingerprint density at radius 1 is 1.31 bits per heavy atom. The van der Waals surface area contributed by atoms with Gasteiger partial charge in [-0.15, -0.1) is 24.0 Å². The summed E-state index contributed by atoms with van der Waals surface area (Å²) >= 11 is 0. The molecule has 0 bridgehead atoms. The molecule has 0 saturated carbocycles. The Bertz CT molecular complexity index is 596. The van der Waals surface area contributed by atoms with Crippen LogP contribution in [0.4, 0.5) is 0 Å². The van der Waals surface area contributed by atoms with Gasteiger partial charge in [-0.3, -0.25) is 9.89 Å². The summed E-state index contributed by atoms with van der Waals surface area (Å²) in [4.78, 5) is 6.93. The highest BCUT2D eigenvalue weighted by atomic mass is 127. The van der Waals surface area contributed by atoms with Crippen molar-refractivity contribution in [2.75, 3.05) is 46.6 Å². The molecule has 2 fully saturated rings. The zero-order valence-electron chi connectivity index (χ0n) is 17.8. The molecular formula is C22H37IN4O2. The summed E-state index contributed by atoms with van der Waals surface area (Å²) in [6.07, 6.45) is 3.26. The van der Waals surface area contributed by atoms with Gasteiger partial charge < -0.3 is 20.1 Å². The van der Waals surface area contributed by atoms with Crippen LogP contribution in [0.5, 0.6) is 0 Å². The van der Waals surface area contributed by atoms with Crippen molar-refractivity contribution in [2.24, 2.45) is 10.9 Å². The van der Waals surface area contributed by atoms with Crippen LogP contribution in [0, 0.1) is 5.92 Å². The lowest BCUT2D eigenvalue weighted by molar-refractivity contribution is 0.0888. The van der Waals surface area contributed by atoms with Crippen molar-refractivity contribution in [3.63, 3.8) is 0 Å². The zero-order chi connectivity index (χ0) is 19.6. The van der Waals surface area contributed by atoms with E-state index in [1.54, 1.807) is 0 Å². The van der Waals surface area contributed by atoms with Gasteiger partial charge in [0.15, 0.2) is 5.96 Å². The van der Waals surface area contributed by atoms with Crippen LogP contribution < -0.4 is 10.6 Å². The summed E-state index contributed by atoms with van der Waals surface area (Å²) in [5, 5.41) is 7.01. The van der Waals surface area contributed by atoms with Crippen LogP contribution in [0.15, 0.2) is 35.3 Å². The van der Waals surface area contributed by atoms with Crippen LogP contribution in [0.3, 0.4) is 0 Å². The van der Waals surface area contributed by atoms with Crippen molar-refractivity contribution in [1.82, 2.24) is 15.5 Å². The van der Waals surface area contributed by atoms with Gasteiger partial charge in [-0.2, -0.15) is 0 Å². The molecule has 0 amide bonds. The first-order valence-corrected chi connectivity index (χ1v) is 10.6. The zero-order valence-corrected chi connectivity index (χ0v) is 20.1. The Morgan fingerprint density at radius 3 is 2.86 bits per heavy atom. The highest BCUT2D eigenvalue weighted by Gasteiger charge is 2.29. The number of likely N-dealkylation sites (tertiary alicyclic amines) is 1. The van der Waals surface area contributed by atoms with E-state index in [4.69, 9.17) is 9.47 Å². The maximum Gasteiger partial charge on any atom is 0.191 e. The maximum absolute atomic E-state index is 5.76. The molecule has 3 atom stereocenters. The summed E-state index contributed by atoms with van der Waals surface area (Å²) in [5.74, 6) is 1.48. The van der Waals surface area contributed by atoms with Gasteiger partial charge in [-0.25, -0.2) is 0 Å². The van der Waals surface area contributed by atoms with Gasteiger partial charge in [0.05, 0.1) is 13.2 Å². The second-order valence-corrected chi connectivity index (χ2v) is 8.00. The molecule has 2 N–H and O–H groups in total.